The summed E-state index contributed by atoms with van der Waals surface area (Å²) in [5.74, 6) is 2.22. The van der Waals surface area contributed by atoms with E-state index in [0.29, 0.717) is 5.92 Å². The quantitative estimate of drug-likeness (QED) is 0.605. The number of ether oxygens (including phenoxy) is 1. The van der Waals surface area contributed by atoms with Gasteiger partial charge in [-0.3, -0.25) is 0 Å². The Balaban J connectivity index is 2.03. The van der Waals surface area contributed by atoms with Gasteiger partial charge in [0, 0.05) is 17.1 Å². The Morgan fingerprint density at radius 2 is 1.95 bits per heavy atom. The van der Waals surface area contributed by atoms with Crippen molar-refractivity contribution >= 4 is 26.8 Å². The smallest absolute Gasteiger partial charge is 0.144 e. The molecule has 0 aliphatic carbocycles. The summed E-state index contributed by atoms with van der Waals surface area (Å²) in [6.45, 7) is 6.45. The maximum atomic E-state index is 6.09. The monoisotopic (exact) mass is 343 g/mol. The Morgan fingerprint density at radius 1 is 1.14 bits per heavy atom. The topological polar surface area (TPSA) is 25.0 Å². The number of aryl methyl sites for hydroxylation is 1. The molecule has 0 fully saturated rings. The van der Waals surface area contributed by atoms with Crippen molar-refractivity contribution in [2.45, 2.75) is 26.7 Å². The highest BCUT2D eigenvalue weighted by atomic mass is 79.9. The van der Waals surface area contributed by atoms with Gasteiger partial charge in [0.25, 0.3) is 0 Å². The van der Waals surface area contributed by atoms with Gasteiger partial charge < -0.3 is 9.72 Å². The van der Waals surface area contributed by atoms with Gasteiger partial charge in [-0.15, -0.1) is 0 Å². The Morgan fingerprint density at radius 3 is 2.67 bits per heavy atom. The van der Waals surface area contributed by atoms with E-state index in [1.165, 1.54) is 10.9 Å². The molecule has 1 heterocycles. The van der Waals surface area contributed by atoms with Crippen LogP contribution in [0.1, 0.15) is 30.9 Å². The highest BCUT2D eigenvalue weighted by molar-refractivity contribution is 9.10. The molecule has 21 heavy (non-hydrogen) atoms. The Bertz CT molecular complexity index is 769. The van der Waals surface area contributed by atoms with Crippen molar-refractivity contribution in [3.05, 3.63) is 58.2 Å². The van der Waals surface area contributed by atoms with E-state index < -0.39 is 0 Å². The molecule has 0 spiro atoms. The van der Waals surface area contributed by atoms with Crippen LogP contribution < -0.4 is 4.74 Å². The van der Waals surface area contributed by atoms with Crippen molar-refractivity contribution in [2.24, 2.45) is 0 Å². The Hall–Kier alpha value is -1.74. The third-order valence-electron chi connectivity index (χ3n) is 3.69. The van der Waals surface area contributed by atoms with Crippen LogP contribution in [0.5, 0.6) is 11.5 Å². The highest BCUT2D eigenvalue weighted by Crippen LogP contribution is 2.35. The number of hydrogen-bond donors (Lipinski definition) is 1. The number of H-pyrrole nitrogens is 1. The molecule has 3 aromatic rings. The molecule has 0 atom stereocenters. The molecule has 0 aliphatic rings. The van der Waals surface area contributed by atoms with Gasteiger partial charge in [-0.05, 0) is 64.2 Å². The number of halogens is 1. The van der Waals surface area contributed by atoms with Crippen LogP contribution in [-0.4, -0.2) is 4.98 Å². The van der Waals surface area contributed by atoms with Crippen molar-refractivity contribution in [3.8, 4) is 11.5 Å². The molecule has 1 N–H and O–H groups in total. The largest absolute Gasteiger partial charge is 0.456 e. The summed E-state index contributed by atoms with van der Waals surface area (Å²) < 4.78 is 7.06. The van der Waals surface area contributed by atoms with Crippen LogP contribution in [0.4, 0.5) is 0 Å². The zero-order chi connectivity index (χ0) is 15.0. The van der Waals surface area contributed by atoms with Crippen LogP contribution in [0, 0.1) is 6.92 Å². The van der Waals surface area contributed by atoms with E-state index in [-0.39, 0.29) is 0 Å². The van der Waals surface area contributed by atoms with Gasteiger partial charge in [0.05, 0.1) is 4.47 Å². The number of nitrogens with one attached hydrogen (secondary N) is 1. The number of benzene rings is 2. The molecule has 3 heteroatoms. The summed E-state index contributed by atoms with van der Waals surface area (Å²) in [6.07, 6.45) is 2.09. The van der Waals surface area contributed by atoms with Crippen LogP contribution in [0.15, 0.2) is 47.1 Å². The van der Waals surface area contributed by atoms with Gasteiger partial charge in [-0.25, -0.2) is 0 Å². The minimum absolute atomic E-state index is 0.485. The third-order valence-corrected chi connectivity index (χ3v) is 4.32. The van der Waals surface area contributed by atoms with Gasteiger partial charge in [0.1, 0.15) is 11.5 Å². The summed E-state index contributed by atoms with van der Waals surface area (Å²) >= 11 is 3.55. The molecule has 0 aliphatic heterocycles. The van der Waals surface area contributed by atoms with Crippen LogP contribution in [-0.2, 0) is 0 Å². The van der Waals surface area contributed by atoms with Crippen molar-refractivity contribution in [1.82, 2.24) is 4.98 Å². The van der Waals surface area contributed by atoms with Crippen LogP contribution in [0.25, 0.3) is 10.9 Å². The zero-order valence-electron chi connectivity index (χ0n) is 12.4. The van der Waals surface area contributed by atoms with E-state index in [9.17, 15) is 0 Å². The minimum Gasteiger partial charge on any atom is -0.456 e. The maximum Gasteiger partial charge on any atom is 0.144 e. The van der Waals surface area contributed by atoms with Gasteiger partial charge in [-0.1, -0.05) is 26.0 Å². The van der Waals surface area contributed by atoms with Crippen molar-refractivity contribution < 1.29 is 4.74 Å². The molecule has 2 aromatic carbocycles. The van der Waals surface area contributed by atoms with E-state index in [0.717, 1.165) is 27.1 Å². The predicted molar refractivity (Wildman–Crippen MR) is 91.3 cm³/mol. The first kappa shape index (κ1) is 14.2. The fraction of sp³-hybridized carbons (Fsp3) is 0.222. The zero-order valence-corrected chi connectivity index (χ0v) is 14.0. The summed E-state index contributed by atoms with van der Waals surface area (Å²) in [7, 11) is 0. The SMILES string of the molecule is Cc1cccc(Br)c1Oc1ccc2[nH]cc(C(C)C)c2c1. The van der Waals surface area contributed by atoms with Crippen molar-refractivity contribution in [3.63, 3.8) is 0 Å². The van der Waals surface area contributed by atoms with E-state index >= 15 is 0 Å². The minimum atomic E-state index is 0.485. The van der Waals surface area contributed by atoms with Crippen LogP contribution in [0.3, 0.4) is 0 Å². The number of rotatable bonds is 3. The maximum absolute atomic E-state index is 6.09. The van der Waals surface area contributed by atoms with Gasteiger partial charge in [-0.2, -0.15) is 0 Å². The fourth-order valence-electron chi connectivity index (χ4n) is 2.53. The van der Waals surface area contributed by atoms with E-state index in [1.54, 1.807) is 0 Å². The first-order valence-electron chi connectivity index (χ1n) is 7.10. The molecule has 3 rings (SSSR count). The van der Waals surface area contributed by atoms with E-state index in [1.807, 2.05) is 18.2 Å². The Labute approximate surface area is 133 Å². The molecule has 108 valence electrons. The average molecular weight is 344 g/mol. The third kappa shape index (κ3) is 2.70. The lowest BCUT2D eigenvalue weighted by atomic mass is 10.0. The summed E-state index contributed by atoms with van der Waals surface area (Å²) in [4.78, 5) is 3.32. The summed E-state index contributed by atoms with van der Waals surface area (Å²) in [6, 6.07) is 12.2. The Kier molecular flexibility index (Phi) is 3.77. The van der Waals surface area contributed by atoms with Gasteiger partial charge >= 0.3 is 0 Å². The number of fused-ring (bicyclic) bond motifs is 1. The normalized spacial score (nSPS) is 11.3. The van der Waals surface area contributed by atoms with E-state index in [4.69, 9.17) is 4.74 Å². The molecule has 1 aromatic heterocycles. The number of para-hydroxylation sites is 1. The van der Waals surface area contributed by atoms with Crippen molar-refractivity contribution in [2.75, 3.05) is 0 Å². The van der Waals surface area contributed by atoms with Crippen LogP contribution in [0.2, 0.25) is 0 Å². The number of aromatic nitrogens is 1. The summed E-state index contributed by atoms with van der Waals surface area (Å²) in [5, 5.41) is 1.23. The molecule has 0 saturated carbocycles. The second-order valence-corrected chi connectivity index (χ2v) is 6.45. The first-order valence-corrected chi connectivity index (χ1v) is 7.89. The standard InChI is InChI=1S/C18H18BrNO/c1-11(2)15-10-20-17-8-7-13(9-14(15)17)21-18-12(3)5-4-6-16(18)19/h4-11,20H,1-3H3. The van der Waals surface area contributed by atoms with Crippen molar-refractivity contribution in [1.29, 1.82) is 0 Å². The van der Waals surface area contributed by atoms with Crippen LogP contribution >= 0.6 is 15.9 Å². The lowest BCUT2D eigenvalue weighted by molar-refractivity contribution is 0.476. The molecule has 0 radical (unpaired) electrons. The number of hydrogen-bond acceptors (Lipinski definition) is 1. The van der Waals surface area contributed by atoms with Gasteiger partial charge in [0.2, 0.25) is 0 Å². The average Bonchev–Trinajstić information content (AvgIpc) is 2.86. The second kappa shape index (κ2) is 5.57. The van der Waals surface area contributed by atoms with E-state index in [2.05, 4.69) is 66.1 Å². The lowest BCUT2D eigenvalue weighted by Gasteiger charge is -2.11. The summed E-state index contributed by atoms with van der Waals surface area (Å²) in [5.41, 5.74) is 3.58. The number of aromatic amines is 1. The molecule has 0 saturated heterocycles. The first-order chi connectivity index (χ1) is 10.1. The van der Waals surface area contributed by atoms with Gasteiger partial charge in [0.15, 0.2) is 0 Å². The highest BCUT2D eigenvalue weighted by Gasteiger charge is 2.10. The molecule has 0 unspecified atom stereocenters. The molecule has 0 bridgehead atoms. The predicted octanol–water partition coefficient (Wildman–Crippen LogP) is 6.15. The molecular formula is C18H18BrNO. The molecule has 0 amide bonds. The molecular weight excluding hydrogens is 326 g/mol. The molecule has 2 nitrogen and oxygen atoms in total. The lowest BCUT2D eigenvalue weighted by Crippen LogP contribution is -1.89. The second-order valence-electron chi connectivity index (χ2n) is 5.59. The fourth-order valence-corrected chi connectivity index (χ4v) is 3.07.